The van der Waals surface area contributed by atoms with Gasteiger partial charge >= 0.3 is 0 Å². The van der Waals surface area contributed by atoms with E-state index in [0.717, 1.165) is 0 Å². The molecule has 136 valence electrons. The Bertz CT molecular complexity index is 795. The van der Waals surface area contributed by atoms with Crippen molar-refractivity contribution in [1.29, 1.82) is 0 Å². The van der Waals surface area contributed by atoms with Gasteiger partial charge in [0.1, 0.15) is 0 Å². The van der Waals surface area contributed by atoms with E-state index >= 15 is 0 Å². The molecule has 2 rings (SSSR count). The molecule has 1 atom stereocenters. The Hall–Kier alpha value is -1.77. The first-order valence-electron chi connectivity index (χ1n) is 8.14. The van der Waals surface area contributed by atoms with Crippen LogP contribution >= 0.6 is 0 Å². The molecule has 0 amide bonds. The van der Waals surface area contributed by atoms with E-state index in [9.17, 15) is 18.5 Å². The highest BCUT2D eigenvalue weighted by atomic mass is 32.2. The largest absolute Gasteiger partial charge is 0.269 e. The van der Waals surface area contributed by atoms with Crippen molar-refractivity contribution in [2.24, 2.45) is 0 Å². The molecule has 1 heterocycles. The molecule has 25 heavy (non-hydrogen) atoms. The summed E-state index contributed by atoms with van der Waals surface area (Å²) in [6, 6.07) is 4.73. The van der Waals surface area contributed by atoms with Crippen LogP contribution in [0.1, 0.15) is 12.8 Å². The zero-order valence-electron chi connectivity index (χ0n) is 14.8. The number of hydrogen-bond donors (Lipinski definition) is 0. The molecule has 1 aromatic rings. The fraction of sp³-hybridized carbons (Fsp3) is 0.412. The predicted octanol–water partition coefficient (Wildman–Crippen LogP) is 3.74. The first-order valence-corrected chi connectivity index (χ1v) is 13.2. The van der Waals surface area contributed by atoms with Gasteiger partial charge in [-0.3, -0.25) is 10.1 Å². The van der Waals surface area contributed by atoms with Gasteiger partial charge in [-0.25, -0.2) is 8.42 Å². The normalized spacial score (nSPS) is 21.2. The summed E-state index contributed by atoms with van der Waals surface area (Å²) in [6.45, 7) is 11.0. The maximum atomic E-state index is 12.9. The molecular weight excluding hydrogens is 356 g/mol. The number of nitro groups is 1. The van der Waals surface area contributed by atoms with E-state index in [1.165, 1.54) is 34.1 Å². The number of nitro benzene ring substituents is 1. The summed E-state index contributed by atoms with van der Waals surface area (Å²) in [7, 11) is -5.07. The fourth-order valence-electron chi connectivity index (χ4n) is 3.01. The van der Waals surface area contributed by atoms with Gasteiger partial charge in [0.05, 0.1) is 17.9 Å². The number of sulfonamides is 1. The smallest absolute Gasteiger partial charge is 0.258 e. The molecule has 0 N–H and O–H groups in total. The lowest BCUT2D eigenvalue weighted by Crippen LogP contribution is -2.43. The minimum Gasteiger partial charge on any atom is -0.258 e. The third kappa shape index (κ3) is 4.65. The molecule has 1 saturated heterocycles. The van der Waals surface area contributed by atoms with Crippen LogP contribution in [-0.4, -0.2) is 38.3 Å². The molecule has 8 heteroatoms. The van der Waals surface area contributed by atoms with Crippen molar-refractivity contribution in [2.45, 2.75) is 43.4 Å². The molecule has 0 aromatic heterocycles. The molecular formula is C17H24N2O4SSi. The molecule has 1 aromatic carbocycles. The number of nitrogens with zero attached hydrogens (tertiary/aromatic N) is 2. The standard InChI is InChI=1S/C17H24N2O4SSi/c1-5-15-12-14(13-25(2,3)4)10-11-18(15)24(22,23)17-8-6-16(7-9-17)19(20)21/h5-9,13,15H,1,10-12H2,2-4H3/b14-13+/t15-/m1/s1. The monoisotopic (exact) mass is 380 g/mol. The van der Waals surface area contributed by atoms with Crippen molar-refractivity contribution in [3.8, 4) is 0 Å². The average molecular weight is 381 g/mol. The van der Waals surface area contributed by atoms with Crippen LogP contribution in [0.4, 0.5) is 5.69 Å². The summed E-state index contributed by atoms with van der Waals surface area (Å²) in [5.41, 5.74) is 3.50. The predicted molar refractivity (Wildman–Crippen MR) is 102 cm³/mol. The van der Waals surface area contributed by atoms with Gasteiger partial charge in [0.2, 0.25) is 10.0 Å². The highest BCUT2D eigenvalue weighted by Crippen LogP contribution is 2.30. The second kappa shape index (κ2) is 7.23. The van der Waals surface area contributed by atoms with Crippen molar-refractivity contribution in [3.63, 3.8) is 0 Å². The topological polar surface area (TPSA) is 80.5 Å². The third-order valence-electron chi connectivity index (χ3n) is 4.06. The Morgan fingerprint density at radius 1 is 1.28 bits per heavy atom. The van der Waals surface area contributed by atoms with E-state index < -0.39 is 23.0 Å². The van der Waals surface area contributed by atoms with Crippen molar-refractivity contribution in [3.05, 3.63) is 58.3 Å². The van der Waals surface area contributed by atoms with Crippen LogP contribution in [0, 0.1) is 10.1 Å². The van der Waals surface area contributed by atoms with Gasteiger partial charge in [-0.05, 0) is 25.0 Å². The van der Waals surface area contributed by atoms with E-state index in [1.54, 1.807) is 6.08 Å². The maximum Gasteiger partial charge on any atom is 0.269 e. The van der Waals surface area contributed by atoms with Crippen molar-refractivity contribution in [1.82, 2.24) is 4.31 Å². The van der Waals surface area contributed by atoms with E-state index in [0.29, 0.717) is 19.4 Å². The Morgan fingerprint density at radius 2 is 1.88 bits per heavy atom. The lowest BCUT2D eigenvalue weighted by atomic mass is 10.0. The van der Waals surface area contributed by atoms with E-state index in [4.69, 9.17) is 0 Å². The molecule has 0 radical (unpaired) electrons. The molecule has 0 saturated carbocycles. The van der Waals surface area contributed by atoms with Crippen LogP contribution in [0.2, 0.25) is 19.6 Å². The van der Waals surface area contributed by atoms with Gasteiger partial charge in [-0.2, -0.15) is 4.31 Å². The Kier molecular flexibility index (Phi) is 5.65. The fourth-order valence-corrected chi connectivity index (χ4v) is 6.10. The van der Waals surface area contributed by atoms with Gasteiger partial charge in [0, 0.05) is 24.7 Å². The van der Waals surface area contributed by atoms with E-state index in [1.807, 2.05) is 0 Å². The highest BCUT2D eigenvalue weighted by Gasteiger charge is 2.34. The number of benzene rings is 1. The first kappa shape index (κ1) is 19.6. The third-order valence-corrected chi connectivity index (χ3v) is 7.27. The van der Waals surface area contributed by atoms with Crippen molar-refractivity contribution in [2.75, 3.05) is 6.54 Å². The molecule has 0 spiro atoms. The molecule has 1 fully saturated rings. The van der Waals surface area contributed by atoms with Gasteiger partial charge in [0.15, 0.2) is 0 Å². The van der Waals surface area contributed by atoms with Crippen molar-refractivity contribution < 1.29 is 13.3 Å². The molecule has 1 aliphatic heterocycles. The molecule has 0 aliphatic carbocycles. The number of piperidine rings is 1. The van der Waals surface area contributed by atoms with Crippen LogP contribution < -0.4 is 0 Å². The second-order valence-electron chi connectivity index (χ2n) is 7.29. The summed E-state index contributed by atoms with van der Waals surface area (Å²) in [5, 5.41) is 10.7. The number of non-ortho nitro benzene ring substituents is 1. The molecule has 0 unspecified atom stereocenters. The van der Waals surface area contributed by atoms with Gasteiger partial charge in [0.25, 0.3) is 5.69 Å². The van der Waals surface area contributed by atoms with E-state index in [-0.39, 0.29) is 16.6 Å². The molecule has 6 nitrogen and oxygen atoms in total. The highest BCUT2D eigenvalue weighted by molar-refractivity contribution is 7.89. The van der Waals surface area contributed by atoms with Crippen LogP contribution in [-0.2, 0) is 10.0 Å². The quantitative estimate of drug-likeness (QED) is 0.337. The van der Waals surface area contributed by atoms with Gasteiger partial charge < -0.3 is 0 Å². The maximum absolute atomic E-state index is 12.9. The lowest BCUT2D eigenvalue weighted by molar-refractivity contribution is -0.384. The summed E-state index contributed by atoms with van der Waals surface area (Å²) >= 11 is 0. The van der Waals surface area contributed by atoms with Crippen LogP contribution in [0.3, 0.4) is 0 Å². The molecule has 1 aliphatic rings. The molecule has 0 bridgehead atoms. The minimum atomic E-state index is -3.71. The summed E-state index contributed by atoms with van der Waals surface area (Å²) in [6.07, 6.45) is 3.03. The Balaban J connectivity index is 2.29. The van der Waals surface area contributed by atoms with Gasteiger partial charge in [-0.15, -0.1) is 6.58 Å². The zero-order chi connectivity index (χ0) is 18.8. The lowest BCUT2D eigenvalue weighted by Gasteiger charge is -2.35. The summed E-state index contributed by atoms with van der Waals surface area (Å²) in [5.74, 6) is 0. The van der Waals surface area contributed by atoms with Crippen molar-refractivity contribution >= 4 is 23.8 Å². The zero-order valence-corrected chi connectivity index (χ0v) is 16.6. The van der Waals surface area contributed by atoms with Crippen LogP contribution in [0.15, 0.2) is 53.1 Å². The summed E-state index contributed by atoms with van der Waals surface area (Å²) < 4.78 is 27.3. The second-order valence-corrected chi connectivity index (χ2v) is 14.2. The number of hydrogen-bond acceptors (Lipinski definition) is 4. The SMILES string of the molecule is C=C[C@@H]1C/C(=C/[Si](C)(C)C)CCN1S(=O)(=O)c1ccc([N+](=O)[O-])cc1. The van der Waals surface area contributed by atoms with Gasteiger partial charge in [-0.1, -0.05) is 37.0 Å². The van der Waals surface area contributed by atoms with E-state index in [2.05, 4.69) is 31.9 Å². The first-order chi connectivity index (χ1) is 11.5. The van der Waals surface area contributed by atoms with Crippen LogP contribution in [0.5, 0.6) is 0 Å². The average Bonchev–Trinajstić information content (AvgIpc) is 2.53. The Labute approximate surface area is 150 Å². The minimum absolute atomic E-state index is 0.0718. The Morgan fingerprint density at radius 3 is 2.36 bits per heavy atom. The van der Waals surface area contributed by atoms with Crippen LogP contribution in [0.25, 0.3) is 0 Å². The summed E-state index contributed by atoms with van der Waals surface area (Å²) in [4.78, 5) is 10.3. The number of rotatable bonds is 5.